The monoisotopic (exact) mass is 330 g/mol. The Morgan fingerprint density at radius 2 is 2.12 bits per heavy atom. The van der Waals surface area contributed by atoms with E-state index in [1.54, 1.807) is 19.2 Å². The van der Waals surface area contributed by atoms with Crippen LogP contribution in [-0.4, -0.2) is 46.6 Å². The minimum absolute atomic E-state index is 0.136. The molecule has 2 aromatic heterocycles. The van der Waals surface area contributed by atoms with Crippen molar-refractivity contribution in [2.24, 2.45) is 0 Å². The van der Waals surface area contributed by atoms with Crippen molar-refractivity contribution in [3.8, 4) is 11.5 Å². The van der Waals surface area contributed by atoms with E-state index in [1.165, 1.54) is 6.33 Å². The Morgan fingerprint density at radius 1 is 1.29 bits per heavy atom. The molecule has 0 aliphatic rings. The van der Waals surface area contributed by atoms with Gasteiger partial charge in [0.1, 0.15) is 41.7 Å². The number of rotatable bonds is 7. The molecule has 0 spiro atoms. The number of nitrogens with zero attached hydrogens (tertiary/aromatic N) is 3. The molecule has 0 saturated heterocycles. The molecule has 0 radical (unpaired) electrons. The minimum atomic E-state index is -0.721. The lowest BCUT2D eigenvalue weighted by molar-refractivity contribution is 0.117. The topological polar surface area (TPSA) is 103 Å². The maximum atomic E-state index is 10.1. The van der Waals surface area contributed by atoms with Gasteiger partial charge in [-0.15, -0.1) is 0 Å². The molecule has 126 valence electrons. The number of hydrogen-bond acceptors (Lipinski definition) is 8. The molecule has 0 amide bonds. The second-order valence-electron chi connectivity index (χ2n) is 5.20. The van der Waals surface area contributed by atoms with E-state index in [1.807, 2.05) is 19.1 Å². The first kappa shape index (κ1) is 16.0. The number of aryl methyl sites for hydroxylation is 1. The highest BCUT2D eigenvalue weighted by Gasteiger charge is 2.13. The van der Waals surface area contributed by atoms with E-state index in [4.69, 9.17) is 14.0 Å². The Kier molecular flexibility index (Phi) is 4.76. The average molecular weight is 330 g/mol. The SMILES string of the molecule is COc1cccc(OC[C@@H](O)CNc2ncnc3onc(C)c23)c1. The predicted octanol–water partition coefficient (Wildman–Crippen LogP) is 1.79. The highest BCUT2D eigenvalue weighted by molar-refractivity contribution is 5.87. The number of ether oxygens (including phenoxy) is 2. The summed E-state index contributed by atoms with van der Waals surface area (Å²) in [7, 11) is 1.59. The summed E-state index contributed by atoms with van der Waals surface area (Å²) in [6.45, 7) is 2.21. The summed E-state index contributed by atoms with van der Waals surface area (Å²) in [4.78, 5) is 8.16. The molecule has 0 aliphatic carbocycles. The Hall–Kier alpha value is -2.87. The predicted molar refractivity (Wildman–Crippen MR) is 87.3 cm³/mol. The zero-order valence-electron chi connectivity index (χ0n) is 13.4. The van der Waals surface area contributed by atoms with Crippen LogP contribution in [0.15, 0.2) is 35.1 Å². The zero-order chi connectivity index (χ0) is 16.9. The van der Waals surface area contributed by atoms with E-state index in [0.29, 0.717) is 34.1 Å². The van der Waals surface area contributed by atoms with Crippen molar-refractivity contribution in [3.05, 3.63) is 36.3 Å². The summed E-state index contributed by atoms with van der Waals surface area (Å²) >= 11 is 0. The number of fused-ring (bicyclic) bond motifs is 1. The van der Waals surface area contributed by atoms with Crippen molar-refractivity contribution in [3.63, 3.8) is 0 Å². The number of aromatic nitrogens is 3. The van der Waals surface area contributed by atoms with Crippen molar-refractivity contribution >= 4 is 16.9 Å². The van der Waals surface area contributed by atoms with E-state index in [-0.39, 0.29) is 13.2 Å². The first-order valence-electron chi connectivity index (χ1n) is 7.43. The summed E-state index contributed by atoms with van der Waals surface area (Å²) in [5, 5.41) is 17.7. The fourth-order valence-corrected chi connectivity index (χ4v) is 2.21. The van der Waals surface area contributed by atoms with Crippen LogP contribution in [0.5, 0.6) is 11.5 Å². The number of anilines is 1. The van der Waals surface area contributed by atoms with Gasteiger partial charge in [0.2, 0.25) is 0 Å². The van der Waals surface area contributed by atoms with Crippen LogP contribution < -0.4 is 14.8 Å². The maximum absolute atomic E-state index is 10.1. The Balaban J connectivity index is 1.57. The molecule has 0 aliphatic heterocycles. The van der Waals surface area contributed by atoms with Gasteiger partial charge in [-0.1, -0.05) is 11.2 Å². The van der Waals surface area contributed by atoms with Crippen molar-refractivity contribution in [1.82, 2.24) is 15.1 Å². The zero-order valence-corrected chi connectivity index (χ0v) is 13.4. The van der Waals surface area contributed by atoms with Crippen molar-refractivity contribution in [2.75, 3.05) is 25.6 Å². The van der Waals surface area contributed by atoms with Gasteiger partial charge < -0.3 is 24.4 Å². The molecule has 2 N–H and O–H groups in total. The highest BCUT2D eigenvalue weighted by atomic mass is 16.5. The van der Waals surface area contributed by atoms with E-state index in [0.717, 1.165) is 0 Å². The Morgan fingerprint density at radius 3 is 2.96 bits per heavy atom. The number of aliphatic hydroxyl groups excluding tert-OH is 1. The van der Waals surface area contributed by atoms with Crippen LogP contribution in [0.4, 0.5) is 5.82 Å². The molecule has 0 fully saturated rings. The number of methoxy groups -OCH3 is 1. The van der Waals surface area contributed by atoms with Gasteiger partial charge in [-0.2, -0.15) is 4.98 Å². The lowest BCUT2D eigenvalue weighted by Gasteiger charge is -2.14. The molecule has 0 unspecified atom stereocenters. The molecule has 0 bridgehead atoms. The molecule has 1 atom stereocenters. The molecule has 0 saturated carbocycles. The summed E-state index contributed by atoms with van der Waals surface area (Å²) in [6.07, 6.45) is 0.662. The second-order valence-corrected chi connectivity index (χ2v) is 5.20. The molecule has 3 aromatic rings. The van der Waals surface area contributed by atoms with Crippen LogP contribution in [0.2, 0.25) is 0 Å². The molecule has 8 heteroatoms. The van der Waals surface area contributed by atoms with Gasteiger partial charge in [-0.3, -0.25) is 0 Å². The number of hydrogen-bond donors (Lipinski definition) is 2. The maximum Gasteiger partial charge on any atom is 0.263 e. The average Bonchev–Trinajstić information content (AvgIpc) is 3.00. The van der Waals surface area contributed by atoms with Crippen LogP contribution in [0.25, 0.3) is 11.1 Å². The molecule has 24 heavy (non-hydrogen) atoms. The van der Waals surface area contributed by atoms with Gasteiger partial charge in [0.15, 0.2) is 0 Å². The Bertz CT molecular complexity index is 821. The number of aliphatic hydroxyl groups is 1. The van der Waals surface area contributed by atoms with Crippen molar-refractivity contribution in [2.45, 2.75) is 13.0 Å². The minimum Gasteiger partial charge on any atom is -0.497 e. The number of nitrogens with one attached hydrogen (secondary N) is 1. The van der Waals surface area contributed by atoms with Crippen LogP contribution in [0.3, 0.4) is 0 Å². The van der Waals surface area contributed by atoms with Crippen LogP contribution in [0, 0.1) is 6.92 Å². The third-order valence-corrected chi connectivity index (χ3v) is 3.43. The summed E-state index contributed by atoms with van der Waals surface area (Å²) in [5.74, 6) is 1.90. The van der Waals surface area contributed by atoms with Gasteiger partial charge in [-0.05, 0) is 19.1 Å². The Labute approximate surface area is 138 Å². The molecule has 2 heterocycles. The standard InChI is InChI=1S/C16H18N4O4/c1-10-14-15(18-9-19-16(14)24-20-10)17-7-11(21)8-23-13-5-3-4-12(6-13)22-2/h3-6,9,11,21H,7-8H2,1-2H3,(H,17,18,19)/t11-/m0/s1. The highest BCUT2D eigenvalue weighted by Crippen LogP contribution is 2.22. The molecule has 3 rings (SSSR count). The summed E-state index contributed by atoms with van der Waals surface area (Å²) in [5.41, 5.74) is 1.10. The lowest BCUT2D eigenvalue weighted by Crippen LogP contribution is -2.26. The van der Waals surface area contributed by atoms with E-state index in [9.17, 15) is 5.11 Å². The van der Waals surface area contributed by atoms with Gasteiger partial charge in [-0.25, -0.2) is 4.98 Å². The van der Waals surface area contributed by atoms with E-state index in [2.05, 4.69) is 20.4 Å². The quantitative estimate of drug-likeness (QED) is 0.676. The second kappa shape index (κ2) is 7.14. The lowest BCUT2D eigenvalue weighted by atomic mass is 10.3. The molecular formula is C16H18N4O4. The van der Waals surface area contributed by atoms with E-state index < -0.39 is 6.10 Å². The van der Waals surface area contributed by atoms with Gasteiger partial charge in [0.05, 0.1) is 12.8 Å². The molecular weight excluding hydrogens is 312 g/mol. The largest absolute Gasteiger partial charge is 0.497 e. The molecule has 8 nitrogen and oxygen atoms in total. The van der Waals surface area contributed by atoms with Crippen LogP contribution in [-0.2, 0) is 0 Å². The third kappa shape index (κ3) is 3.54. The van der Waals surface area contributed by atoms with Crippen LogP contribution in [0.1, 0.15) is 5.69 Å². The van der Waals surface area contributed by atoms with Gasteiger partial charge in [0, 0.05) is 12.6 Å². The number of benzene rings is 1. The summed E-state index contributed by atoms with van der Waals surface area (Å²) < 4.78 is 15.8. The third-order valence-electron chi connectivity index (χ3n) is 3.43. The smallest absolute Gasteiger partial charge is 0.263 e. The molecule has 1 aromatic carbocycles. The van der Waals surface area contributed by atoms with Gasteiger partial charge in [0.25, 0.3) is 5.71 Å². The van der Waals surface area contributed by atoms with Crippen LogP contribution >= 0.6 is 0 Å². The first-order chi connectivity index (χ1) is 11.7. The van der Waals surface area contributed by atoms with Crippen molar-refractivity contribution < 1.29 is 19.1 Å². The fourth-order valence-electron chi connectivity index (χ4n) is 2.21. The van der Waals surface area contributed by atoms with E-state index >= 15 is 0 Å². The summed E-state index contributed by atoms with van der Waals surface area (Å²) in [6, 6.07) is 7.21. The first-order valence-corrected chi connectivity index (χ1v) is 7.43. The fraction of sp³-hybridized carbons (Fsp3) is 0.312. The van der Waals surface area contributed by atoms with Gasteiger partial charge >= 0.3 is 0 Å². The normalized spacial score (nSPS) is 12.1. The van der Waals surface area contributed by atoms with Crippen molar-refractivity contribution in [1.29, 1.82) is 0 Å².